The second-order valence-electron chi connectivity index (χ2n) is 8.02. The third kappa shape index (κ3) is 6.49. The highest BCUT2D eigenvalue weighted by atomic mass is 32.1. The van der Waals surface area contributed by atoms with E-state index >= 15 is 0 Å². The summed E-state index contributed by atoms with van der Waals surface area (Å²) in [5.74, 6) is 0.532. The molecule has 0 radical (unpaired) electrons. The quantitative estimate of drug-likeness (QED) is 0.527. The number of halogens is 1. The van der Waals surface area contributed by atoms with Gasteiger partial charge in [-0.15, -0.1) is 0 Å². The fourth-order valence-corrected chi connectivity index (χ4v) is 4.57. The van der Waals surface area contributed by atoms with Crippen molar-refractivity contribution in [1.29, 1.82) is 0 Å². The van der Waals surface area contributed by atoms with Crippen LogP contribution in [0.1, 0.15) is 23.9 Å². The number of nitrogens with one attached hydrogen (secondary N) is 2. The molecule has 1 aliphatic rings. The lowest BCUT2D eigenvalue weighted by Gasteiger charge is -2.34. The number of piperazine rings is 1. The lowest BCUT2D eigenvalue weighted by atomic mass is 10.1. The molecule has 7 nitrogen and oxygen atoms in total. The number of amides is 2. The van der Waals surface area contributed by atoms with Crippen molar-refractivity contribution in [2.45, 2.75) is 19.8 Å². The number of aromatic nitrogens is 2. The SMILES string of the molecule is CCc1ccccc1NC(=O)NCCN1CCN(c2nc(Cc3ccc(F)cc3)ns2)CC1. The van der Waals surface area contributed by atoms with Crippen LogP contribution >= 0.6 is 11.5 Å². The maximum Gasteiger partial charge on any atom is 0.319 e. The molecule has 174 valence electrons. The third-order valence-corrected chi connectivity index (χ3v) is 6.55. The summed E-state index contributed by atoms with van der Waals surface area (Å²) in [6.45, 7) is 7.06. The average Bonchev–Trinajstić information content (AvgIpc) is 3.30. The molecule has 1 fully saturated rings. The van der Waals surface area contributed by atoms with Crippen LogP contribution in [-0.4, -0.2) is 59.6 Å². The van der Waals surface area contributed by atoms with Crippen molar-refractivity contribution in [3.8, 4) is 0 Å². The zero-order valence-electron chi connectivity index (χ0n) is 18.8. The second-order valence-corrected chi connectivity index (χ2v) is 8.75. The van der Waals surface area contributed by atoms with Crippen LogP contribution in [0.4, 0.5) is 20.0 Å². The normalized spacial score (nSPS) is 14.3. The number of carbonyl (C=O) groups excluding carboxylic acids is 1. The fourth-order valence-electron chi connectivity index (χ4n) is 3.84. The molecule has 33 heavy (non-hydrogen) atoms. The van der Waals surface area contributed by atoms with E-state index in [1.54, 1.807) is 12.1 Å². The standard InChI is InChI=1S/C24H29FN6OS/c1-2-19-5-3-4-6-21(19)27-23(32)26-11-12-30-13-15-31(16-14-30)24-28-22(29-33-24)17-18-7-9-20(25)10-8-18/h3-10H,2,11-17H2,1H3,(H2,26,27,32). The van der Waals surface area contributed by atoms with Gasteiger partial charge in [-0.25, -0.2) is 14.2 Å². The van der Waals surface area contributed by atoms with Crippen molar-refractivity contribution >= 4 is 28.4 Å². The summed E-state index contributed by atoms with van der Waals surface area (Å²) in [6.07, 6.45) is 1.48. The molecule has 0 unspecified atom stereocenters. The Morgan fingerprint density at radius 2 is 1.85 bits per heavy atom. The van der Waals surface area contributed by atoms with E-state index < -0.39 is 0 Å². The van der Waals surface area contributed by atoms with Crippen molar-refractivity contribution < 1.29 is 9.18 Å². The fraction of sp³-hybridized carbons (Fsp3) is 0.375. The van der Waals surface area contributed by atoms with E-state index in [4.69, 9.17) is 0 Å². The zero-order valence-corrected chi connectivity index (χ0v) is 19.6. The van der Waals surface area contributed by atoms with E-state index in [2.05, 4.69) is 36.7 Å². The van der Waals surface area contributed by atoms with E-state index in [-0.39, 0.29) is 11.8 Å². The summed E-state index contributed by atoms with van der Waals surface area (Å²) in [4.78, 5) is 21.5. The van der Waals surface area contributed by atoms with Crippen LogP contribution in [0.3, 0.4) is 0 Å². The van der Waals surface area contributed by atoms with Gasteiger partial charge >= 0.3 is 6.03 Å². The van der Waals surface area contributed by atoms with Crippen LogP contribution < -0.4 is 15.5 Å². The average molecular weight is 469 g/mol. The summed E-state index contributed by atoms with van der Waals surface area (Å²) in [7, 11) is 0. The number of aryl methyl sites for hydroxylation is 1. The lowest BCUT2D eigenvalue weighted by molar-refractivity contribution is 0.240. The minimum absolute atomic E-state index is 0.169. The topological polar surface area (TPSA) is 73.4 Å². The molecule has 0 bridgehead atoms. The summed E-state index contributed by atoms with van der Waals surface area (Å²) in [6, 6.07) is 14.2. The second kappa shape index (κ2) is 11.2. The van der Waals surface area contributed by atoms with Gasteiger partial charge < -0.3 is 15.5 Å². The number of benzene rings is 2. The number of hydrogen-bond acceptors (Lipinski definition) is 6. The van der Waals surface area contributed by atoms with Crippen molar-refractivity contribution in [2.75, 3.05) is 49.5 Å². The Bertz CT molecular complexity index is 1050. The summed E-state index contributed by atoms with van der Waals surface area (Å²) >= 11 is 1.41. The van der Waals surface area contributed by atoms with Gasteiger partial charge in [0.1, 0.15) is 11.6 Å². The number of rotatable bonds is 8. The predicted molar refractivity (Wildman–Crippen MR) is 131 cm³/mol. The molecule has 9 heteroatoms. The van der Waals surface area contributed by atoms with Crippen molar-refractivity contribution in [2.24, 2.45) is 0 Å². The predicted octanol–water partition coefficient (Wildman–Crippen LogP) is 3.77. The smallest absolute Gasteiger partial charge is 0.319 e. The van der Waals surface area contributed by atoms with E-state index in [9.17, 15) is 9.18 Å². The molecule has 3 aromatic rings. The monoisotopic (exact) mass is 468 g/mol. The highest BCUT2D eigenvalue weighted by Crippen LogP contribution is 2.20. The molecule has 4 rings (SSSR count). The molecule has 2 aromatic carbocycles. The van der Waals surface area contributed by atoms with Gasteiger partial charge in [-0.05, 0) is 35.7 Å². The van der Waals surface area contributed by atoms with Crippen LogP contribution in [-0.2, 0) is 12.8 Å². The molecule has 0 aliphatic carbocycles. The molecule has 0 spiro atoms. The number of carbonyl (C=O) groups is 1. The molecule has 2 amide bonds. The highest BCUT2D eigenvalue weighted by molar-refractivity contribution is 7.09. The van der Waals surface area contributed by atoms with Crippen molar-refractivity contribution in [3.63, 3.8) is 0 Å². The number of hydrogen-bond donors (Lipinski definition) is 2. The van der Waals surface area contributed by atoms with Crippen LogP contribution in [0.15, 0.2) is 48.5 Å². The maximum atomic E-state index is 13.1. The summed E-state index contributed by atoms with van der Waals surface area (Å²) in [5, 5.41) is 6.82. The number of nitrogens with zero attached hydrogens (tertiary/aromatic N) is 4. The zero-order chi connectivity index (χ0) is 23.0. The first-order valence-electron chi connectivity index (χ1n) is 11.3. The summed E-state index contributed by atoms with van der Waals surface area (Å²) < 4.78 is 17.5. The Kier molecular flexibility index (Phi) is 7.85. The van der Waals surface area contributed by atoms with Gasteiger partial charge in [0.2, 0.25) is 5.13 Å². The Balaban J connectivity index is 1.18. The van der Waals surface area contributed by atoms with E-state index in [1.807, 2.05) is 24.3 Å². The van der Waals surface area contributed by atoms with Gasteiger partial charge in [0.05, 0.1) is 0 Å². The third-order valence-electron chi connectivity index (χ3n) is 5.74. The highest BCUT2D eigenvalue weighted by Gasteiger charge is 2.20. The van der Waals surface area contributed by atoms with Gasteiger partial charge in [-0.3, -0.25) is 4.90 Å². The molecular weight excluding hydrogens is 439 g/mol. The Morgan fingerprint density at radius 3 is 2.61 bits per heavy atom. The Hall–Kier alpha value is -3.04. The molecule has 2 N–H and O–H groups in total. The molecule has 2 heterocycles. The number of para-hydroxylation sites is 1. The number of urea groups is 1. The summed E-state index contributed by atoms with van der Waals surface area (Å²) in [5.41, 5.74) is 2.99. The molecule has 1 aromatic heterocycles. The molecular formula is C24H29FN6OS. The molecule has 0 atom stereocenters. The minimum atomic E-state index is -0.235. The molecule has 1 aliphatic heterocycles. The van der Waals surface area contributed by atoms with Crippen LogP contribution in [0.25, 0.3) is 0 Å². The van der Waals surface area contributed by atoms with Gasteiger partial charge in [0.25, 0.3) is 0 Å². The molecule has 1 saturated heterocycles. The van der Waals surface area contributed by atoms with Crippen molar-refractivity contribution in [3.05, 3.63) is 71.3 Å². The van der Waals surface area contributed by atoms with Crippen LogP contribution in [0.5, 0.6) is 0 Å². The molecule has 0 saturated carbocycles. The Morgan fingerprint density at radius 1 is 1.09 bits per heavy atom. The Labute approximate surface area is 197 Å². The van der Waals surface area contributed by atoms with Gasteiger partial charge in [-0.2, -0.15) is 4.37 Å². The maximum absolute atomic E-state index is 13.1. The van der Waals surface area contributed by atoms with Gasteiger partial charge in [0, 0.05) is 62.9 Å². The first-order valence-corrected chi connectivity index (χ1v) is 12.0. The minimum Gasteiger partial charge on any atom is -0.344 e. The van der Waals surface area contributed by atoms with Gasteiger partial charge in [0.15, 0.2) is 0 Å². The first kappa shape index (κ1) is 23.1. The van der Waals surface area contributed by atoms with E-state index in [0.29, 0.717) is 13.0 Å². The van der Waals surface area contributed by atoms with Crippen LogP contribution in [0, 0.1) is 5.82 Å². The first-order chi connectivity index (χ1) is 16.1. The van der Waals surface area contributed by atoms with Crippen molar-refractivity contribution in [1.82, 2.24) is 19.6 Å². The number of anilines is 2. The largest absolute Gasteiger partial charge is 0.344 e. The lowest BCUT2D eigenvalue weighted by Crippen LogP contribution is -2.48. The van der Waals surface area contributed by atoms with Crippen LogP contribution in [0.2, 0.25) is 0 Å². The van der Waals surface area contributed by atoms with E-state index in [1.165, 1.54) is 23.7 Å². The van der Waals surface area contributed by atoms with Gasteiger partial charge in [-0.1, -0.05) is 37.3 Å². The van der Waals surface area contributed by atoms with E-state index in [0.717, 1.165) is 66.9 Å².